The number of carbonyl (C=O) groups is 2. The fourth-order valence-electron chi connectivity index (χ4n) is 5.21. The molecule has 0 aromatic heterocycles. The summed E-state index contributed by atoms with van der Waals surface area (Å²) in [4.78, 5) is 25.5. The number of hydrogen-bond acceptors (Lipinski definition) is 4. The number of methoxy groups -OCH3 is 1. The lowest BCUT2D eigenvalue weighted by Gasteiger charge is -2.59. The molecule has 27 heavy (non-hydrogen) atoms. The number of nitrogens with one attached hydrogen (secondary N) is 2. The van der Waals surface area contributed by atoms with Crippen LogP contribution in [0.3, 0.4) is 0 Å². The second-order valence-electron chi connectivity index (χ2n) is 8.43. The van der Waals surface area contributed by atoms with Crippen molar-refractivity contribution in [1.29, 1.82) is 0 Å². The van der Waals surface area contributed by atoms with E-state index in [2.05, 4.69) is 17.6 Å². The first-order valence-corrected chi connectivity index (χ1v) is 9.85. The molecule has 1 aliphatic heterocycles. The van der Waals surface area contributed by atoms with Crippen molar-refractivity contribution in [1.82, 2.24) is 10.6 Å². The Morgan fingerprint density at radius 3 is 3.00 bits per heavy atom. The zero-order valence-electron chi connectivity index (χ0n) is 16.0. The molecular formula is C21H28N2O4. The molecule has 4 atom stereocenters. The van der Waals surface area contributed by atoms with E-state index in [0.29, 0.717) is 30.9 Å². The minimum atomic E-state index is -0.689. The van der Waals surface area contributed by atoms with E-state index in [4.69, 9.17) is 9.47 Å². The average molecular weight is 372 g/mol. The highest BCUT2D eigenvalue weighted by atomic mass is 16.5. The molecule has 2 amide bonds. The number of benzene rings is 1. The Kier molecular flexibility index (Phi) is 4.62. The van der Waals surface area contributed by atoms with Crippen LogP contribution in [0.5, 0.6) is 5.75 Å². The van der Waals surface area contributed by atoms with E-state index in [1.807, 2.05) is 18.2 Å². The van der Waals surface area contributed by atoms with Crippen molar-refractivity contribution in [2.45, 2.75) is 44.8 Å². The normalized spacial score (nSPS) is 33.9. The van der Waals surface area contributed by atoms with Crippen molar-refractivity contribution in [2.24, 2.45) is 17.3 Å². The molecule has 146 valence electrons. The van der Waals surface area contributed by atoms with Gasteiger partial charge in [0, 0.05) is 38.5 Å². The van der Waals surface area contributed by atoms with Gasteiger partial charge in [-0.1, -0.05) is 19.1 Å². The Morgan fingerprint density at radius 1 is 1.41 bits per heavy atom. The summed E-state index contributed by atoms with van der Waals surface area (Å²) in [7, 11) is 1.67. The fraction of sp³-hybridized carbons (Fsp3) is 0.619. The van der Waals surface area contributed by atoms with Crippen LogP contribution in [0.15, 0.2) is 24.3 Å². The number of amides is 2. The Labute approximate surface area is 160 Å². The minimum Gasteiger partial charge on any atom is -0.467 e. The molecule has 3 fully saturated rings. The average Bonchev–Trinajstić information content (AvgIpc) is 2.64. The van der Waals surface area contributed by atoms with Gasteiger partial charge in [0.25, 0.3) is 5.91 Å². The van der Waals surface area contributed by atoms with E-state index in [-0.39, 0.29) is 29.1 Å². The molecule has 5 rings (SSSR count). The topological polar surface area (TPSA) is 76.7 Å². The van der Waals surface area contributed by atoms with E-state index in [9.17, 15) is 9.59 Å². The molecule has 1 aromatic carbocycles. The first-order chi connectivity index (χ1) is 13.0. The van der Waals surface area contributed by atoms with Crippen LogP contribution < -0.4 is 15.4 Å². The lowest BCUT2D eigenvalue weighted by molar-refractivity contribution is -0.167. The summed E-state index contributed by atoms with van der Waals surface area (Å²) in [5, 5.41) is 6.22. The molecule has 2 N–H and O–H groups in total. The molecule has 4 aliphatic rings. The maximum Gasteiger partial charge on any atom is 0.258 e. The van der Waals surface area contributed by atoms with Gasteiger partial charge in [-0.2, -0.15) is 0 Å². The molecule has 0 saturated heterocycles. The molecule has 2 bridgehead atoms. The number of fused-ring (bicyclic) bond motifs is 3. The van der Waals surface area contributed by atoms with E-state index >= 15 is 0 Å². The largest absolute Gasteiger partial charge is 0.467 e. The minimum absolute atomic E-state index is 0.0397. The number of ether oxygens (including phenoxy) is 2. The highest BCUT2D eigenvalue weighted by molar-refractivity contribution is 5.98. The molecule has 1 spiro atoms. The maximum atomic E-state index is 12.8. The lowest BCUT2D eigenvalue weighted by Crippen LogP contribution is -2.69. The third-order valence-corrected chi connectivity index (χ3v) is 6.64. The van der Waals surface area contributed by atoms with Crippen molar-refractivity contribution in [3.05, 3.63) is 29.8 Å². The van der Waals surface area contributed by atoms with Gasteiger partial charge in [0.15, 0.2) is 5.72 Å². The molecular weight excluding hydrogens is 344 g/mol. The van der Waals surface area contributed by atoms with Gasteiger partial charge in [0.05, 0.1) is 5.56 Å². The molecule has 6 heteroatoms. The van der Waals surface area contributed by atoms with Gasteiger partial charge in [-0.05, 0) is 43.2 Å². The number of para-hydroxylation sites is 1. The van der Waals surface area contributed by atoms with Gasteiger partial charge >= 0.3 is 0 Å². The molecule has 1 heterocycles. The molecule has 6 nitrogen and oxygen atoms in total. The van der Waals surface area contributed by atoms with Gasteiger partial charge in [-0.3, -0.25) is 9.59 Å². The molecule has 3 saturated carbocycles. The van der Waals surface area contributed by atoms with Gasteiger partial charge in [0.2, 0.25) is 5.91 Å². The van der Waals surface area contributed by atoms with E-state index in [0.717, 1.165) is 25.7 Å². The zero-order valence-corrected chi connectivity index (χ0v) is 16.0. The third kappa shape index (κ3) is 3.10. The summed E-state index contributed by atoms with van der Waals surface area (Å²) >= 11 is 0. The molecule has 0 unspecified atom stereocenters. The van der Waals surface area contributed by atoms with Crippen molar-refractivity contribution in [2.75, 3.05) is 20.3 Å². The molecule has 0 radical (unpaired) electrons. The van der Waals surface area contributed by atoms with Crippen LogP contribution in [0.1, 0.15) is 49.4 Å². The second kappa shape index (κ2) is 6.82. The van der Waals surface area contributed by atoms with Gasteiger partial charge < -0.3 is 20.1 Å². The SMILES string of the molecule is COCCCNC(=O)[C@H]1C[C@H]2CC[C@@]1(C)C[C@]21NC(=O)c2ccccc2O1. The molecule has 3 aliphatic carbocycles. The van der Waals surface area contributed by atoms with Crippen molar-refractivity contribution in [3.63, 3.8) is 0 Å². The van der Waals surface area contributed by atoms with E-state index < -0.39 is 5.72 Å². The smallest absolute Gasteiger partial charge is 0.258 e. The van der Waals surface area contributed by atoms with Crippen LogP contribution in [0, 0.1) is 17.3 Å². The predicted molar refractivity (Wildman–Crippen MR) is 100 cm³/mol. The highest BCUT2D eigenvalue weighted by Gasteiger charge is 2.61. The van der Waals surface area contributed by atoms with Crippen molar-refractivity contribution < 1.29 is 19.1 Å². The number of hydrogen-bond donors (Lipinski definition) is 2. The first-order valence-electron chi connectivity index (χ1n) is 9.85. The summed E-state index contributed by atoms with van der Waals surface area (Å²) in [6, 6.07) is 7.39. The summed E-state index contributed by atoms with van der Waals surface area (Å²) in [5.41, 5.74) is -0.285. The van der Waals surface area contributed by atoms with Gasteiger partial charge in [-0.15, -0.1) is 0 Å². The summed E-state index contributed by atoms with van der Waals surface area (Å²) in [6.07, 6.45) is 4.17. The number of rotatable bonds is 5. The van der Waals surface area contributed by atoms with Crippen LogP contribution in [0.25, 0.3) is 0 Å². The standard InChI is InChI=1S/C21H28N2O4/c1-20-9-8-14(12-16(20)19(25)22-10-5-11-26-2)21(13-20)23-18(24)15-6-3-4-7-17(15)27-21/h3-4,6-7,14,16H,5,8-13H2,1-2H3,(H,22,25)(H,23,24)/t14-,16-,20+,21-/m1/s1. The summed E-state index contributed by atoms with van der Waals surface area (Å²) in [5.74, 6) is 0.802. The van der Waals surface area contributed by atoms with Crippen LogP contribution in [-0.4, -0.2) is 37.8 Å². The van der Waals surface area contributed by atoms with Crippen LogP contribution in [-0.2, 0) is 9.53 Å². The van der Waals surface area contributed by atoms with E-state index in [1.54, 1.807) is 13.2 Å². The third-order valence-electron chi connectivity index (χ3n) is 6.64. The highest BCUT2D eigenvalue weighted by Crippen LogP contribution is 2.58. The quantitative estimate of drug-likeness (QED) is 0.779. The summed E-state index contributed by atoms with van der Waals surface area (Å²) < 4.78 is 11.4. The Bertz CT molecular complexity index is 751. The molecule has 1 aromatic rings. The van der Waals surface area contributed by atoms with Crippen LogP contribution in [0.2, 0.25) is 0 Å². The predicted octanol–water partition coefficient (Wildman–Crippen LogP) is 2.48. The van der Waals surface area contributed by atoms with Gasteiger partial charge in [0.1, 0.15) is 5.75 Å². The van der Waals surface area contributed by atoms with Crippen LogP contribution >= 0.6 is 0 Å². The van der Waals surface area contributed by atoms with Crippen LogP contribution in [0.4, 0.5) is 0 Å². The Morgan fingerprint density at radius 2 is 2.22 bits per heavy atom. The Balaban J connectivity index is 1.51. The van der Waals surface area contributed by atoms with Crippen molar-refractivity contribution >= 4 is 11.8 Å². The van der Waals surface area contributed by atoms with Crippen molar-refractivity contribution in [3.8, 4) is 5.75 Å². The fourth-order valence-corrected chi connectivity index (χ4v) is 5.21. The Hall–Kier alpha value is -2.08. The maximum absolute atomic E-state index is 12.8. The lowest BCUT2D eigenvalue weighted by atomic mass is 9.52. The summed E-state index contributed by atoms with van der Waals surface area (Å²) in [6.45, 7) is 3.45. The van der Waals surface area contributed by atoms with Gasteiger partial charge in [-0.25, -0.2) is 0 Å². The monoisotopic (exact) mass is 372 g/mol. The zero-order chi connectivity index (χ0) is 19.1. The first kappa shape index (κ1) is 18.3. The number of carbonyl (C=O) groups excluding carboxylic acids is 2. The van der Waals surface area contributed by atoms with E-state index in [1.165, 1.54) is 0 Å². The second-order valence-corrected chi connectivity index (χ2v) is 8.43.